The van der Waals surface area contributed by atoms with E-state index in [1.807, 2.05) is 17.5 Å². The van der Waals surface area contributed by atoms with Crippen LogP contribution in [0.1, 0.15) is 24.5 Å². The van der Waals surface area contributed by atoms with Gasteiger partial charge in [0.1, 0.15) is 17.1 Å². The Labute approximate surface area is 138 Å². The predicted octanol–water partition coefficient (Wildman–Crippen LogP) is 3.03. The Balaban J connectivity index is 1.72. The molecule has 0 saturated carbocycles. The monoisotopic (exact) mass is 329 g/mol. The summed E-state index contributed by atoms with van der Waals surface area (Å²) in [5.74, 6) is 1.38. The van der Waals surface area contributed by atoms with Crippen LogP contribution in [0.2, 0.25) is 0 Å². The molecule has 0 spiro atoms. The summed E-state index contributed by atoms with van der Waals surface area (Å²) in [4.78, 5) is 8.83. The number of nitrogens with zero attached hydrogens (tertiary/aromatic N) is 1. The lowest BCUT2D eigenvalue weighted by Crippen LogP contribution is -2.12. The van der Waals surface area contributed by atoms with E-state index in [9.17, 15) is 10.2 Å². The maximum absolute atomic E-state index is 10.6. The lowest BCUT2D eigenvalue weighted by molar-refractivity contribution is 0.149. The smallest absolute Gasteiger partial charge is 0.148 e. The van der Waals surface area contributed by atoms with E-state index >= 15 is 0 Å². The molecule has 2 unspecified atom stereocenters. The summed E-state index contributed by atoms with van der Waals surface area (Å²) in [6.45, 7) is 1.98. The van der Waals surface area contributed by atoms with Gasteiger partial charge in [-0.3, -0.25) is 0 Å². The molecule has 5 nitrogen and oxygen atoms in total. The van der Waals surface area contributed by atoms with Crippen molar-refractivity contribution in [1.82, 2.24) is 15.3 Å². The third-order valence-corrected chi connectivity index (χ3v) is 5.36. The minimum absolute atomic E-state index is 0.161. The molecule has 4 N–H and O–H groups in total. The van der Waals surface area contributed by atoms with Crippen LogP contribution < -0.4 is 5.32 Å². The zero-order valence-electron chi connectivity index (χ0n) is 12.6. The molecular formula is C17H19N3O2S. The third kappa shape index (κ3) is 2.73. The number of thiophene rings is 1. The van der Waals surface area contributed by atoms with Crippen LogP contribution in [0.15, 0.2) is 29.6 Å². The van der Waals surface area contributed by atoms with Gasteiger partial charge in [0.15, 0.2) is 0 Å². The number of rotatable bonds is 4. The first-order valence-corrected chi connectivity index (χ1v) is 8.74. The minimum atomic E-state index is -0.567. The maximum Gasteiger partial charge on any atom is 0.148 e. The van der Waals surface area contributed by atoms with Gasteiger partial charge in [-0.05, 0) is 49.4 Å². The van der Waals surface area contributed by atoms with Crippen LogP contribution in [-0.4, -0.2) is 33.3 Å². The molecule has 1 aliphatic heterocycles. The van der Waals surface area contributed by atoms with E-state index in [-0.39, 0.29) is 5.75 Å². The van der Waals surface area contributed by atoms with E-state index in [1.54, 1.807) is 23.5 Å². The molecule has 0 aliphatic carbocycles. The van der Waals surface area contributed by atoms with Gasteiger partial charge in [0, 0.05) is 5.56 Å². The molecule has 23 heavy (non-hydrogen) atoms. The van der Waals surface area contributed by atoms with Crippen molar-refractivity contribution in [3.8, 4) is 16.5 Å². The zero-order valence-corrected chi connectivity index (χ0v) is 13.4. The standard InChI is InChI=1S/C17H19N3O2S/c21-12-4-3-11(13(22)8-10-5-6-18-9-10)15-16(12)20-17(19-15)14-2-1-7-23-14/h1-4,7,10,13,18,21-22H,5-6,8-9H2,(H,19,20). The number of aliphatic hydroxyl groups excluding tert-OH is 1. The fourth-order valence-corrected chi connectivity index (χ4v) is 3.92. The molecule has 6 heteroatoms. The number of aromatic amines is 1. The topological polar surface area (TPSA) is 81.2 Å². The normalized spacial score (nSPS) is 19.4. The van der Waals surface area contributed by atoms with Crippen LogP contribution in [0.25, 0.3) is 21.7 Å². The van der Waals surface area contributed by atoms with Crippen molar-refractivity contribution in [2.75, 3.05) is 13.1 Å². The number of nitrogens with one attached hydrogen (secondary N) is 2. The van der Waals surface area contributed by atoms with Gasteiger partial charge in [-0.2, -0.15) is 0 Å². The van der Waals surface area contributed by atoms with Crippen LogP contribution in [0, 0.1) is 5.92 Å². The Morgan fingerprint density at radius 2 is 2.26 bits per heavy atom. The Morgan fingerprint density at radius 3 is 3.00 bits per heavy atom. The number of phenolic OH excluding ortho intramolecular Hbond substituents is 1. The molecule has 1 aromatic carbocycles. The molecule has 2 aromatic heterocycles. The predicted molar refractivity (Wildman–Crippen MR) is 91.6 cm³/mol. The summed E-state index contributed by atoms with van der Waals surface area (Å²) >= 11 is 1.59. The number of hydrogen-bond donors (Lipinski definition) is 4. The van der Waals surface area contributed by atoms with Crippen molar-refractivity contribution in [3.05, 3.63) is 35.2 Å². The largest absolute Gasteiger partial charge is 0.506 e. The van der Waals surface area contributed by atoms with Crippen molar-refractivity contribution >= 4 is 22.4 Å². The summed E-state index contributed by atoms with van der Waals surface area (Å²) in [5, 5.41) is 26.1. The average molecular weight is 329 g/mol. The van der Waals surface area contributed by atoms with E-state index < -0.39 is 6.10 Å². The molecule has 0 radical (unpaired) electrons. The summed E-state index contributed by atoms with van der Waals surface area (Å²) in [6.07, 6.45) is 1.25. The van der Waals surface area contributed by atoms with Crippen molar-refractivity contribution in [1.29, 1.82) is 0 Å². The van der Waals surface area contributed by atoms with Crippen molar-refractivity contribution < 1.29 is 10.2 Å². The van der Waals surface area contributed by atoms with Crippen LogP contribution in [0.5, 0.6) is 5.75 Å². The number of H-pyrrole nitrogens is 1. The van der Waals surface area contributed by atoms with Gasteiger partial charge in [0.25, 0.3) is 0 Å². The highest BCUT2D eigenvalue weighted by Gasteiger charge is 2.23. The Morgan fingerprint density at radius 1 is 1.35 bits per heavy atom. The van der Waals surface area contributed by atoms with E-state index in [4.69, 9.17) is 0 Å². The fraction of sp³-hybridized carbons (Fsp3) is 0.353. The first kappa shape index (κ1) is 14.7. The number of aromatic nitrogens is 2. The summed E-state index contributed by atoms with van der Waals surface area (Å²) in [5.41, 5.74) is 2.03. The molecule has 1 saturated heterocycles. The van der Waals surface area contributed by atoms with Crippen molar-refractivity contribution in [2.45, 2.75) is 18.9 Å². The highest BCUT2D eigenvalue weighted by molar-refractivity contribution is 7.13. The molecule has 120 valence electrons. The average Bonchev–Trinajstić information content (AvgIpc) is 3.28. The molecule has 3 heterocycles. The van der Waals surface area contributed by atoms with E-state index in [0.29, 0.717) is 23.4 Å². The highest BCUT2D eigenvalue weighted by atomic mass is 32.1. The van der Waals surface area contributed by atoms with Crippen LogP contribution >= 0.6 is 11.3 Å². The van der Waals surface area contributed by atoms with Crippen molar-refractivity contribution in [3.63, 3.8) is 0 Å². The van der Waals surface area contributed by atoms with Gasteiger partial charge in [-0.1, -0.05) is 12.1 Å². The number of imidazole rings is 1. The van der Waals surface area contributed by atoms with Crippen LogP contribution in [0.4, 0.5) is 0 Å². The summed E-state index contributed by atoms with van der Waals surface area (Å²) < 4.78 is 0. The van der Waals surface area contributed by atoms with E-state index in [0.717, 1.165) is 35.8 Å². The Hall–Kier alpha value is -1.89. The zero-order chi connectivity index (χ0) is 15.8. The number of fused-ring (bicyclic) bond motifs is 1. The Kier molecular flexibility index (Phi) is 3.80. The molecular weight excluding hydrogens is 310 g/mol. The number of phenols is 1. The second-order valence-electron chi connectivity index (χ2n) is 6.07. The first-order chi connectivity index (χ1) is 11.2. The first-order valence-electron chi connectivity index (χ1n) is 7.86. The minimum Gasteiger partial charge on any atom is -0.506 e. The Bertz CT molecular complexity index is 807. The number of hydrogen-bond acceptors (Lipinski definition) is 5. The van der Waals surface area contributed by atoms with Crippen LogP contribution in [0.3, 0.4) is 0 Å². The number of benzene rings is 1. The van der Waals surface area contributed by atoms with Gasteiger partial charge < -0.3 is 20.5 Å². The van der Waals surface area contributed by atoms with Crippen molar-refractivity contribution in [2.24, 2.45) is 5.92 Å². The second kappa shape index (κ2) is 5.96. The van der Waals surface area contributed by atoms with Gasteiger partial charge in [0.2, 0.25) is 0 Å². The summed E-state index contributed by atoms with van der Waals surface area (Å²) in [6, 6.07) is 7.36. The molecule has 1 fully saturated rings. The number of aliphatic hydroxyl groups is 1. The lowest BCUT2D eigenvalue weighted by atomic mass is 9.95. The van der Waals surface area contributed by atoms with Gasteiger partial charge in [-0.15, -0.1) is 11.3 Å². The number of aromatic hydroxyl groups is 1. The fourth-order valence-electron chi connectivity index (χ4n) is 3.26. The van der Waals surface area contributed by atoms with E-state index in [2.05, 4.69) is 15.3 Å². The maximum atomic E-state index is 10.6. The highest BCUT2D eigenvalue weighted by Crippen LogP contribution is 2.35. The summed E-state index contributed by atoms with van der Waals surface area (Å²) in [7, 11) is 0. The molecule has 1 aliphatic rings. The quantitative estimate of drug-likeness (QED) is 0.593. The van der Waals surface area contributed by atoms with Crippen LogP contribution in [-0.2, 0) is 0 Å². The second-order valence-corrected chi connectivity index (χ2v) is 7.02. The van der Waals surface area contributed by atoms with Gasteiger partial charge in [0.05, 0.1) is 16.5 Å². The van der Waals surface area contributed by atoms with Gasteiger partial charge in [-0.25, -0.2) is 4.98 Å². The molecule has 4 rings (SSSR count). The lowest BCUT2D eigenvalue weighted by Gasteiger charge is -2.15. The molecule has 2 atom stereocenters. The third-order valence-electron chi connectivity index (χ3n) is 4.49. The van der Waals surface area contributed by atoms with E-state index in [1.165, 1.54) is 0 Å². The molecule has 3 aromatic rings. The van der Waals surface area contributed by atoms with Gasteiger partial charge >= 0.3 is 0 Å². The molecule has 0 bridgehead atoms. The SMILES string of the molecule is Oc1ccc(C(O)CC2CCNC2)c2nc(-c3cccs3)[nH]c12. The molecule has 0 amide bonds.